The molecule has 0 amide bonds. The maximum Gasteiger partial charge on any atom is 0.120 e. The van der Waals surface area contributed by atoms with E-state index in [0.717, 1.165) is 55.0 Å². The number of fused-ring (bicyclic) bond motifs is 1. The first-order valence-electron chi connectivity index (χ1n) is 11.2. The van der Waals surface area contributed by atoms with Crippen molar-refractivity contribution in [1.82, 2.24) is 14.4 Å². The Morgan fingerprint density at radius 2 is 1.59 bits per heavy atom. The van der Waals surface area contributed by atoms with Crippen molar-refractivity contribution in [2.45, 2.75) is 18.8 Å². The van der Waals surface area contributed by atoms with Crippen molar-refractivity contribution in [3.05, 3.63) is 88.2 Å². The number of aliphatic hydroxyl groups excluding tert-OH is 1. The standard InChI is InChI=1S/C25H28Cl2N4O/c26-20-9-7-19(8-10-20)25-23-6-3-11-28(23)14-17-31(25)18-24(32)30-15-12-29(13-16-30)22-5-2-1-4-21(22)27/h1-11,24-25,32H,12-18H2. The Morgan fingerprint density at radius 3 is 2.34 bits per heavy atom. The summed E-state index contributed by atoms with van der Waals surface area (Å²) in [5.41, 5.74) is 3.53. The number of anilines is 1. The zero-order valence-corrected chi connectivity index (χ0v) is 19.5. The number of aromatic nitrogens is 1. The Bertz CT molecular complexity index is 1050. The van der Waals surface area contributed by atoms with Crippen molar-refractivity contribution < 1.29 is 5.11 Å². The second kappa shape index (κ2) is 9.46. The summed E-state index contributed by atoms with van der Waals surface area (Å²) in [6.07, 6.45) is 1.62. The van der Waals surface area contributed by atoms with E-state index in [1.807, 2.05) is 30.3 Å². The Hall–Kier alpha value is -2.02. The summed E-state index contributed by atoms with van der Waals surface area (Å²) in [7, 11) is 0. The van der Waals surface area contributed by atoms with E-state index in [9.17, 15) is 5.11 Å². The predicted octanol–water partition coefficient (Wildman–Crippen LogP) is 4.34. The summed E-state index contributed by atoms with van der Waals surface area (Å²) >= 11 is 12.5. The third-order valence-electron chi connectivity index (χ3n) is 6.65. The number of para-hydroxylation sites is 1. The van der Waals surface area contributed by atoms with Gasteiger partial charge in [0.2, 0.25) is 0 Å². The van der Waals surface area contributed by atoms with Crippen LogP contribution in [0.25, 0.3) is 0 Å². The lowest BCUT2D eigenvalue weighted by Crippen LogP contribution is -2.54. The fraction of sp³-hybridized carbons (Fsp3) is 0.360. The first kappa shape index (κ1) is 21.8. The van der Waals surface area contributed by atoms with Crippen molar-refractivity contribution in [3.63, 3.8) is 0 Å². The Kier molecular flexibility index (Phi) is 6.44. The van der Waals surface area contributed by atoms with Crippen LogP contribution >= 0.6 is 23.2 Å². The second-order valence-corrected chi connectivity index (χ2v) is 9.37. The fourth-order valence-electron chi connectivity index (χ4n) is 4.95. The maximum atomic E-state index is 11.2. The first-order chi connectivity index (χ1) is 15.6. The molecule has 2 atom stereocenters. The van der Waals surface area contributed by atoms with Gasteiger partial charge in [0, 0.05) is 62.7 Å². The number of nitrogens with zero attached hydrogens (tertiary/aromatic N) is 4. The van der Waals surface area contributed by atoms with Gasteiger partial charge in [-0.1, -0.05) is 47.5 Å². The van der Waals surface area contributed by atoms with Crippen LogP contribution in [0.5, 0.6) is 0 Å². The van der Waals surface area contributed by atoms with Gasteiger partial charge in [-0.15, -0.1) is 0 Å². The molecule has 5 nitrogen and oxygen atoms in total. The molecule has 3 aromatic rings. The van der Waals surface area contributed by atoms with Crippen LogP contribution in [0.2, 0.25) is 10.0 Å². The minimum absolute atomic E-state index is 0.107. The first-order valence-corrected chi connectivity index (χ1v) is 11.9. The molecular formula is C25H28Cl2N4O. The number of hydrogen-bond donors (Lipinski definition) is 1. The van der Waals surface area contributed by atoms with Gasteiger partial charge < -0.3 is 14.6 Å². The highest BCUT2D eigenvalue weighted by atomic mass is 35.5. The SMILES string of the molecule is OC(CN1CCn2cccc2C1c1ccc(Cl)cc1)N1CCN(c2ccccc2Cl)CC1. The smallest absolute Gasteiger partial charge is 0.120 e. The van der Waals surface area contributed by atoms with Crippen molar-refractivity contribution in [2.75, 3.05) is 44.2 Å². The molecule has 0 radical (unpaired) electrons. The van der Waals surface area contributed by atoms with Crippen LogP contribution in [0.4, 0.5) is 5.69 Å². The molecule has 0 aliphatic carbocycles. The molecule has 32 heavy (non-hydrogen) atoms. The third-order valence-corrected chi connectivity index (χ3v) is 7.22. The van der Waals surface area contributed by atoms with Gasteiger partial charge in [0.1, 0.15) is 6.23 Å². The van der Waals surface area contributed by atoms with Crippen molar-refractivity contribution in [3.8, 4) is 0 Å². The highest BCUT2D eigenvalue weighted by Gasteiger charge is 2.32. The van der Waals surface area contributed by atoms with Gasteiger partial charge in [-0.05, 0) is 42.0 Å². The molecule has 1 fully saturated rings. The number of rotatable bonds is 5. The topological polar surface area (TPSA) is 34.9 Å². The average Bonchev–Trinajstić information content (AvgIpc) is 3.29. The average molecular weight is 471 g/mol. The Labute approximate surface area is 199 Å². The van der Waals surface area contributed by atoms with E-state index in [0.29, 0.717) is 6.54 Å². The summed E-state index contributed by atoms with van der Waals surface area (Å²) in [5.74, 6) is 0. The van der Waals surface area contributed by atoms with Crippen LogP contribution in [0.15, 0.2) is 66.9 Å². The van der Waals surface area contributed by atoms with Crippen LogP contribution in [0, 0.1) is 0 Å². The zero-order valence-electron chi connectivity index (χ0n) is 17.9. The van der Waals surface area contributed by atoms with Gasteiger partial charge in [-0.25, -0.2) is 0 Å². The van der Waals surface area contributed by atoms with Crippen LogP contribution in [0.1, 0.15) is 17.3 Å². The van der Waals surface area contributed by atoms with E-state index >= 15 is 0 Å². The predicted molar refractivity (Wildman–Crippen MR) is 131 cm³/mol. The van der Waals surface area contributed by atoms with E-state index in [2.05, 4.69) is 55.8 Å². The highest BCUT2D eigenvalue weighted by Crippen LogP contribution is 2.33. The molecule has 2 aromatic carbocycles. The molecule has 5 rings (SSSR count). The number of hydrogen-bond acceptors (Lipinski definition) is 4. The summed E-state index contributed by atoms with van der Waals surface area (Å²) in [4.78, 5) is 6.87. The molecule has 3 heterocycles. The van der Waals surface area contributed by atoms with Gasteiger partial charge in [0.25, 0.3) is 0 Å². The molecule has 7 heteroatoms. The fourth-order valence-corrected chi connectivity index (χ4v) is 5.33. The molecular weight excluding hydrogens is 443 g/mol. The minimum Gasteiger partial charge on any atom is -0.377 e. The molecule has 1 aromatic heterocycles. The van der Waals surface area contributed by atoms with E-state index in [4.69, 9.17) is 23.2 Å². The van der Waals surface area contributed by atoms with Gasteiger partial charge in [0.05, 0.1) is 16.8 Å². The Balaban J connectivity index is 1.28. The normalized spacial score (nSPS) is 20.8. The summed E-state index contributed by atoms with van der Waals surface area (Å²) in [6, 6.07) is 20.4. The monoisotopic (exact) mass is 470 g/mol. The quantitative estimate of drug-likeness (QED) is 0.601. The summed E-state index contributed by atoms with van der Waals surface area (Å²) in [6.45, 7) is 5.74. The van der Waals surface area contributed by atoms with Crippen molar-refractivity contribution in [2.24, 2.45) is 0 Å². The minimum atomic E-state index is -0.514. The van der Waals surface area contributed by atoms with Gasteiger partial charge >= 0.3 is 0 Å². The van der Waals surface area contributed by atoms with Gasteiger partial charge in [-0.2, -0.15) is 0 Å². The van der Waals surface area contributed by atoms with E-state index in [1.165, 1.54) is 11.3 Å². The molecule has 0 bridgehead atoms. The molecule has 0 spiro atoms. The molecule has 1 saturated heterocycles. The lowest BCUT2D eigenvalue weighted by Gasteiger charge is -2.42. The summed E-state index contributed by atoms with van der Waals surface area (Å²) in [5, 5.41) is 12.7. The van der Waals surface area contributed by atoms with Gasteiger partial charge in [0.15, 0.2) is 0 Å². The van der Waals surface area contributed by atoms with Crippen molar-refractivity contribution in [1.29, 1.82) is 0 Å². The Morgan fingerprint density at radius 1 is 0.844 bits per heavy atom. The molecule has 2 aliphatic heterocycles. The van der Waals surface area contributed by atoms with E-state index in [-0.39, 0.29) is 6.04 Å². The van der Waals surface area contributed by atoms with Crippen LogP contribution in [-0.4, -0.2) is 65.0 Å². The van der Waals surface area contributed by atoms with E-state index < -0.39 is 6.23 Å². The zero-order chi connectivity index (χ0) is 22.1. The molecule has 2 unspecified atom stereocenters. The largest absolute Gasteiger partial charge is 0.377 e. The third kappa shape index (κ3) is 4.41. The maximum absolute atomic E-state index is 11.2. The number of piperazine rings is 1. The second-order valence-electron chi connectivity index (χ2n) is 8.53. The molecule has 1 N–H and O–H groups in total. The van der Waals surface area contributed by atoms with Gasteiger partial charge in [-0.3, -0.25) is 9.80 Å². The molecule has 0 saturated carbocycles. The lowest BCUT2D eigenvalue weighted by molar-refractivity contribution is -0.0331. The van der Waals surface area contributed by atoms with E-state index in [1.54, 1.807) is 0 Å². The van der Waals surface area contributed by atoms with Crippen LogP contribution in [-0.2, 0) is 6.54 Å². The number of aliphatic hydroxyl groups is 1. The molecule has 2 aliphatic rings. The highest BCUT2D eigenvalue weighted by molar-refractivity contribution is 6.33. The lowest BCUT2D eigenvalue weighted by atomic mass is 10.00. The van der Waals surface area contributed by atoms with Crippen molar-refractivity contribution >= 4 is 28.9 Å². The number of β-amino-alcohol motifs (C(OH)–C–C–N with tert-alkyl or cyclic N) is 1. The number of halogens is 2. The van der Waals surface area contributed by atoms with Crippen LogP contribution in [0.3, 0.4) is 0 Å². The summed E-state index contributed by atoms with van der Waals surface area (Å²) < 4.78 is 2.31. The molecule has 168 valence electrons. The number of benzene rings is 2. The van der Waals surface area contributed by atoms with Crippen LogP contribution < -0.4 is 4.90 Å².